The second-order valence-corrected chi connectivity index (χ2v) is 4.47. The molecule has 0 amide bonds. The maximum absolute atomic E-state index is 12.4. The summed E-state index contributed by atoms with van der Waals surface area (Å²) in [5.41, 5.74) is 0. The van der Waals surface area contributed by atoms with Gasteiger partial charge in [0.2, 0.25) is 5.89 Å². The lowest BCUT2D eigenvalue weighted by molar-refractivity contribution is -0.146. The first-order valence-electron chi connectivity index (χ1n) is 5.77. The molecule has 0 saturated heterocycles. The molecular weight excluding hydrogens is 247 g/mol. The van der Waals surface area contributed by atoms with Crippen molar-refractivity contribution in [3.8, 4) is 6.07 Å². The molecule has 0 bridgehead atoms. The van der Waals surface area contributed by atoms with Crippen LogP contribution in [0.25, 0.3) is 0 Å². The summed E-state index contributed by atoms with van der Waals surface area (Å²) in [5, 5.41) is 12.0. The fourth-order valence-corrected chi connectivity index (χ4v) is 2.18. The van der Waals surface area contributed by atoms with Gasteiger partial charge in [-0.1, -0.05) is 18.5 Å². The first kappa shape index (κ1) is 12.9. The molecule has 1 saturated carbocycles. The van der Waals surface area contributed by atoms with Crippen LogP contribution >= 0.6 is 0 Å². The molecule has 0 radical (unpaired) electrons. The molecule has 2 rings (SSSR count). The third-order valence-corrected chi connectivity index (χ3v) is 3.23. The minimum absolute atomic E-state index is 0.00321. The lowest BCUT2D eigenvalue weighted by Crippen LogP contribution is -2.14. The molecule has 1 heterocycles. The SMILES string of the molecule is CCC(C1CC1)C(C#N)c1nc(C(F)(F)F)no1. The van der Waals surface area contributed by atoms with E-state index in [2.05, 4.69) is 14.7 Å². The third kappa shape index (κ3) is 2.47. The molecule has 0 spiro atoms. The maximum atomic E-state index is 12.4. The molecule has 1 aliphatic rings. The fourth-order valence-electron chi connectivity index (χ4n) is 2.18. The van der Waals surface area contributed by atoms with Crippen LogP contribution in [0.5, 0.6) is 0 Å². The first-order chi connectivity index (χ1) is 8.47. The predicted molar refractivity (Wildman–Crippen MR) is 54.2 cm³/mol. The van der Waals surface area contributed by atoms with Crippen molar-refractivity contribution in [3.05, 3.63) is 11.7 Å². The van der Waals surface area contributed by atoms with E-state index in [4.69, 9.17) is 5.26 Å². The quantitative estimate of drug-likeness (QED) is 0.833. The second-order valence-electron chi connectivity index (χ2n) is 4.47. The van der Waals surface area contributed by atoms with Crippen LogP contribution in [0.1, 0.15) is 43.8 Å². The monoisotopic (exact) mass is 259 g/mol. The van der Waals surface area contributed by atoms with Gasteiger partial charge in [0.1, 0.15) is 5.92 Å². The van der Waals surface area contributed by atoms with Crippen LogP contribution in [0, 0.1) is 23.2 Å². The van der Waals surface area contributed by atoms with Gasteiger partial charge in [-0.25, -0.2) is 0 Å². The zero-order valence-electron chi connectivity index (χ0n) is 9.74. The number of rotatable bonds is 4. The number of aromatic nitrogens is 2. The van der Waals surface area contributed by atoms with Gasteiger partial charge in [-0.05, 0) is 24.7 Å². The van der Waals surface area contributed by atoms with Gasteiger partial charge < -0.3 is 4.52 Å². The molecule has 1 aromatic heterocycles. The van der Waals surface area contributed by atoms with Crippen LogP contribution in [-0.2, 0) is 6.18 Å². The Labute approximate surface area is 102 Å². The van der Waals surface area contributed by atoms with E-state index in [0.29, 0.717) is 12.3 Å². The highest BCUT2D eigenvalue weighted by atomic mass is 19.4. The van der Waals surface area contributed by atoms with Crippen molar-refractivity contribution in [2.75, 3.05) is 0 Å². The summed E-state index contributed by atoms with van der Waals surface area (Å²) in [6, 6.07) is 1.99. The summed E-state index contributed by atoms with van der Waals surface area (Å²) in [7, 11) is 0. The van der Waals surface area contributed by atoms with E-state index in [-0.39, 0.29) is 11.8 Å². The van der Waals surface area contributed by atoms with Gasteiger partial charge >= 0.3 is 6.18 Å². The lowest BCUT2D eigenvalue weighted by Gasteiger charge is -2.16. The Morgan fingerprint density at radius 2 is 2.17 bits per heavy atom. The first-order valence-corrected chi connectivity index (χ1v) is 5.77. The summed E-state index contributed by atoms with van der Waals surface area (Å²) in [5.74, 6) is -1.89. The third-order valence-electron chi connectivity index (χ3n) is 3.23. The molecule has 0 N–H and O–H groups in total. The maximum Gasteiger partial charge on any atom is 0.455 e. The van der Waals surface area contributed by atoms with Gasteiger partial charge in [0, 0.05) is 0 Å². The summed E-state index contributed by atoms with van der Waals surface area (Å²) in [6.07, 6.45) is -1.90. The van der Waals surface area contributed by atoms with E-state index in [1.165, 1.54) is 0 Å². The van der Waals surface area contributed by atoms with Gasteiger partial charge in [-0.2, -0.15) is 23.4 Å². The van der Waals surface area contributed by atoms with Gasteiger partial charge in [0.05, 0.1) is 6.07 Å². The van der Waals surface area contributed by atoms with Gasteiger partial charge in [0.25, 0.3) is 5.82 Å². The molecule has 1 fully saturated rings. The van der Waals surface area contributed by atoms with Crippen LogP contribution in [0.4, 0.5) is 13.2 Å². The molecule has 2 unspecified atom stereocenters. The summed E-state index contributed by atoms with van der Waals surface area (Å²) in [6.45, 7) is 1.91. The van der Waals surface area contributed by atoms with E-state index in [9.17, 15) is 13.2 Å². The number of halogens is 3. The van der Waals surface area contributed by atoms with Crippen LogP contribution in [-0.4, -0.2) is 10.1 Å². The molecular formula is C11H12F3N3O. The predicted octanol–water partition coefficient (Wildman–Crippen LogP) is 3.13. The Morgan fingerprint density at radius 1 is 1.50 bits per heavy atom. The topological polar surface area (TPSA) is 62.7 Å². The molecule has 2 atom stereocenters. The number of hydrogen-bond donors (Lipinski definition) is 0. The minimum atomic E-state index is -4.64. The Morgan fingerprint density at radius 3 is 2.56 bits per heavy atom. The average molecular weight is 259 g/mol. The number of nitrogens with zero attached hydrogens (tertiary/aromatic N) is 3. The Hall–Kier alpha value is -1.58. The molecule has 0 aromatic carbocycles. The van der Waals surface area contributed by atoms with Crippen LogP contribution < -0.4 is 0 Å². The average Bonchev–Trinajstić information content (AvgIpc) is 3.00. The van der Waals surface area contributed by atoms with Crippen molar-refractivity contribution in [2.24, 2.45) is 11.8 Å². The lowest BCUT2D eigenvalue weighted by atomic mass is 9.87. The van der Waals surface area contributed by atoms with Crippen molar-refractivity contribution in [3.63, 3.8) is 0 Å². The molecule has 1 aliphatic carbocycles. The largest absolute Gasteiger partial charge is 0.455 e. The van der Waals surface area contributed by atoms with E-state index < -0.39 is 17.9 Å². The summed E-state index contributed by atoms with van der Waals surface area (Å²) >= 11 is 0. The van der Waals surface area contributed by atoms with Gasteiger partial charge in [0.15, 0.2) is 0 Å². The highest BCUT2D eigenvalue weighted by molar-refractivity contribution is 5.11. The minimum Gasteiger partial charge on any atom is -0.338 e. The smallest absolute Gasteiger partial charge is 0.338 e. The second kappa shape index (κ2) is 4.59. The molecule has 1 aromatic rings. The van der Waals surface area contributed by atoms with Crippen molar-refractivity contribution < 1.29 is 17.7 Å². The fraction of sp³-hybridized carbons (Fsp3) is 0.727. The van der Waals surface area contributed by atoms with E-state index in [1.807, 2.05) is 13.0 Å². The van der Waals surface area contributed by atoms with Crippen LogP contribution in [0.15, 0.2) is 4.52 Å². The van der Waals surface area contributed by atoms with E-state index >= 15 is 0 Å². The van der Waals surface area contributed by atoms with E-state index in [1.54, 1.807) is 0 Å². The Kier molecular flexibility index (Phi) is 3.28. The van der Waals surface area contributed by atoms with Crippen molar-refractivity contribution in [1.82, 2.24) is 10.1 Å². The molecule has 4 nitrogen and oxygen atoms in total. The Balaban J connectivity index is 2.22. The number of alkyl halides is 3. The summed E-state index contributed by atoms with van der Waals surface area (Å²) < 4.78 is 41.7. The zero-order chi connectivity index (χ0) is 13.3. The summed E-state index contributed by atoms with van der Waals surface area (Å²) in [4.78, 5) is 3.31. The van der Waals surface area contributed by atoms with Gasteiger partial charge in [-0.15, -0.1) is 0 Å². The molecule has 98 valence electrons. The van der Waals surface area contributed by atoms with E-state index in [0.717, 1.165) is 12.8 Å². The number of hydrogen-bond acceptors (Lipinski definition) is 4. The van der Waals surface area contributed by atoms with Crippen molar-refractivity contribution >= 4 is 0 Å². The molecule has 0 aliphatic heterocycles. The van der Waals surface area contributed by atoms with Crippen LogP contribution in [0.2, 0.25) is 0 Å². The standard InChI is InChI=1S/C11H12F3N3O/c1-2-7(6-3-4-6)8(5-15)9-16-10(17-18-9)11(12,13)14/h6-8H,2-4H2,1H3. The zero-order valence-corrected chi connectivity index (χ0v) is 9.74. The highest BCUT2D eigenvalue weighted by Gasteiger charge is 2.42. The Bertz CT molecular complexity index is 459. The van der Waals surface area contributed by atoms with Crippen molar-refractivity contribution in [2.45, 2.75) is 38.3 Å². The molecule has 7 heteroatoms. The van der Waals surface area contributed by atoms with Gasteiger partial charge in [-0.3, -0.25) is 0 Å². The van der Waals surface area contributed by atoms with Crippen molar-refractivity contribution in [1.29, 1.82) is 5.26 Å². The molecule has 18 heavy (non-hydrogen) atoms. The number of nitriles is 1. The highest BCUT2D eigenvalue weighted by Crippen LogP contribution is 2.45. The van der Waals surface area contributed by atoms with Crippen LogP contribution in [0.3, 0.4) is 0 Å². The normalized spacial score (nSPS) is 19.3.